The number of esters is 1. The van der Waals surface area contributed by atoms with Crippen LogP contribution in [0.3, 0.4) is 0 Å². The number of nitrogens with zero attached hydrogens (tertiary/aromatic N) is 2. The predicted octanol–water partition coefficient (Wildman–Crippen LogP) is 4.98. The first kappa shape index (κ1) is 25.1. The van der Waals surface area contributed by atoms with Crippen LogP contribution in [0.25, 0.3) is 17.4 Å². The van der Waals surface area contributed by atoms with Crippen LogP contribution in [-0.2, 0) is 9.53 Å². The van der Waals surface area contributed by atoms with E-state index in [1.807, 2.05) is 12.1 Å². The van der Waals surface area contributed by atoms with E-state index in [9.17, 15) is 9.59 Å². The largest absolute Gasteiger partial charge is 0.497 e. The Hall–Kier alpha value is -3.59. The van der Waals surface area contributed by atoms with Crippen molar-refractivity contribution in [3.8, 4) is 17.1 Å². The Balaban J connectivity index is 1.62. The lowest BCUT2D eigenvalue weighted by Gasteiger charge is -2.24. The molecule has 1 aliphatic heterocycles. The molecule has 5 rings (SSSR count). The van der Waals surface area contributed by atoms with Crippen molar-refractivity contribution in [2.45, 2.75) is 13.0 Å². The molecule has 0 N–H and O–H groups in total. The molecule has 0 radical (unpaired) electrons. The van der Waals surface area contributed by atoms with Gasteiger partial charge in [-0.05, 0) is 55.0 Å². The summed E-state index contributed by atoms with van der Waals surface area (Å²) < 4.78 is 18.2. The summed E-state index contributed by atoms with van der Waals surface area (Å²) in [4.78, 5) is 31.5. The number of carbonyl (C=O) groups excluding carboxylic acids is 1. The smallest absolute Gasteiger partial charge is 0.338 e. The fraction of sp³-hybridized carbons (Fsp3) is 0.148. The zero-order valence-electron chi connectivity index (χ0n) is 20.0. The summed E-state index contributed by atoms with van der Waals surface area (Å²) in [5.74, 6) is 1.18. The number of allylic oxidation sites excluding steroid dienone is 1. The highest BCUT2D eigenvalue weighted by molar-refractivity contribution is 7.07. The van der Waals surface area contributed by atoms with E-state index >= 15 is 0 Å². The number of halogens is 2. The Morgan fingerprint density at radius 3 is 2.51 bits per heavy atom. The first-order valence-electron chi connectivity index (χ1n) is 11.1. The van der Waals surface area contributed by atoms with Gasteiger partial charge in [0, 0.05) is 11.6 Å². The molecule has 4 aromatic rings. The predicted molar refractivity (Wildman–Crippen MR) is 143 cm³/mol. The van der Waals surface area contributed by atoms with Crippen molar-refractivity contribution < 1.29 is 18.7 Å². The standard InChI is InChI=1S/C27H20Cl2N2O5S/c1-14-23(26(33)35-3)24(15-4-7-17(34-2)8-5-15)31-25(32)22(37-27(31)30-14)13-18-9-11-21(36-18)16-6-10-19(28)20(29)12-16/h4-13,24H,1-3H3/b22-13+/t24-/m1/s1. The van der Waals surface area contributed by atoms with Crippen molar-refractivity contribution in [2.24, 2.45) is 4.99 Å². The zero-order chi connectivity index (χ0) is 26.3. The van der Waals surface area contributed by atoms with E-state index in [1.54, 1.807) is 62.6 Å². The Morgan fingerprint density at radius 2 is 1.84 bits per heavy atom. The number of hydrogen-bond acceptors (Lipinski definition) is 7. The summed E-state index contributed by atoms with van der Waals surface area (Å²) in [7, 11) is 2.88. The third kappa shape index (κ3) is 4.64. The number of hydrogen-bond donors (Lipinski definition) is 0. The summed E-state index contributed by atoms with van der Waals surface area (Å²) in [6.07, 6.45) is 1.66. The average Bonchev–Trinajstić information content (AvgIpc) is 3.49. The van der Waals surface area contributed by atoms with Crippen LogP contribution in [0.15, 0.2) is 80.1 Å². The molecule has 0 spiro atoms. The first-order chi connectivity index (χ1) is 17.8. The summed E-state index contributed by atoms with van der Waals surface area (Å²) in [6.45, 7) is 1.73. The molecule has 0 unspecified atom stereocenters. The fourth-order valence-electron chi connectivity index (χ4n) is 4.16. The number of furan rings is 1. The monoisotopic (exact) mass is 554 g/mol. The zero-order valence-corrected chi connectivity index (χ0v) is 22.3. The van der Waals surface area contributed by atoms with Crippen molar-refractivity contribution in [3.05, 3.63) is 107 Å². The first-order valence-corrected chi connectivity index (χ1v) is 12.7. The van der Waals surface area contributed by atoms with Crippen molar-refractivity contribution in [2.75, 3.05) is 14.2 Å². The van der Waals surface area contributed by atoms with Gasteiger partial charge in [-0.1, -0.05) is 46.7 Å². The second kappa shape index (κ2) is 10.0. The number of fused-ring (bicyclic) bond motifs is 1. The number of rotatable bonds is 5. The summed E-state index contributed by atoms with van der Waals surface area (Å²) >= 11 is 13.4. The van der Waals surface area contributed by atoms with Crippen molar-refractivity contribution >= 4 is 46.6 Å². The molecule has 0 fully saturated rings. The van der Waals surface area contributed by atoms with Crippen molar-refractivity contribution in [3.63, 3.8) is 0 Å². The Morgan fingerprint density at radius 1 is 1.08 bits per heavy atom. The number of aromatic nitrogens is 1. The van der Waals surface area contributed by atoms with Gasteiger partial charge in [0.1, 0.15) is 17.3 Å². The molecular formula is C27H20Cl2N2O5S. The van der Waals surface area contributed by atoms with Gasteiger partial charge in [0.2, 0.25) is 0 Å². The van der Waals surface area contributed by atoms with E-state index in [0.717, 1.165) is 11.1 Å². The van der Waals surface area contributed by atoms with Gasteiger partial charge in [-0.25, -0.2) is 9.79 Å². The van der Waals surface area contributed by atoms with Crippen LogP contribution >= 0.6 is 34.5 Å². The molecule has 0 saturated carbocycles. The summed E-state index contributed by atoms with van der Waals surface area (Å²) in [5, 5.41) is 0.868. The number of ether oxygens (including phenoxy) is 2. The Kier molecular flexibility index (Phi) is 6.81. The molecule has 0 saturated heterocycles. The van der Waals surface area contributed by atoms with E-state index < -0.39 is 12.0 Å². The molecule has 7 nitrogen and oxygen atoms in total. The molecule has 2 aromatic carbocycles. The average molecular weight is 555 g/mol. The molecular weight excluding hydrogens is 535 g/mol. The van der Waals surface area contributed by atoms with Crippen LogP contribution < -0.4 is 19.6 Å². The van der Waals surface area contributed by atoms with Gasteiger partial charge in [0.25, 0.3) is 5.56 Å². The minimum atomic E-state index is -0.708. The molecule has 188 valence electrons. The maximum absolute atomic E-state index is 13.7. The highest BCUT2D eigenvalue weighted by Crippen LogP contribution is 2.32. The number of benzene rings is 2. The van der Waals surface area contributed by atoms with E-state index in [2.05, 4.69) is 4.99 Å². The highest BCUT2D eigenvalue weighted by atomic mass is 35.5. The minimum absolute atomic E-state index is 0.298. The molecule has 1 aliphatic rings. The Labute approximate surface area is 225 Å². The van der Waals surface area contributed by atoms with Crippen LogP contribution in [0.4, 0.5) is 0 Å². The van der Waals surface area contributed by atoms with Crippen LogP contribution in [0, 0.1) is 0 Å². The number of thiazole rings is 1. The van der Waals surface area contributed by atoms with E-state index in [-0.39, 0.29) is 5.56 Å². The third-order valence-corrected chi connectivity index (χ3v) is 7.68. The fourth-order valence-corrected chi connectivity index (χ4v) is 5.48. The van der Waals surface area contributed by atoms with Crippen molar-refractivity contribution in [1.29, 1.82) is 0 Å². The van der Waals surface area contributed by atoms with E-state index in [0.29, 0.717) is 47.9 Å². The number of methoxy groups -OCH3 is 2. The van der Waals surface area contributed by atoms with Crippen LogP contribution in [0.2, 0.25) is 10.0 Å². The van der Waals surface area contributed by atoms with Gasteiger partial charge in [0.15, 0.2) is 4.80 Å². The number of carbonyl (C=O) groups is 1. The van der Waals surface area contributed by atoms with Gasteiger partial charge < -0.3 is 13.9 Å². The van der Waals surface area contributed by atoms with Gasteiger partial charge in [-0.2, -0.15) is 0 Å². The van der Waals surface area contributed by atoms with Gasteiger partial charge in [-0.3, -0.25) is 9.36 Å². The third-order valence-electron chi connectivity index (χ3n) is 5.96. The molecule has 3 heterocycles. The molecule has 0 bridgehead atoms. The second-order valence-corrected chi connectivity index (χ2v) is 10.0. The van der Waals surface area contributed by atoms with E-state index in [1.165, 1.54) is 23.0 Å². The molecule has 37 heavy (non-hydrogen) atoms. The lowest BCUT2D eigenvalue weighted by molar-refractivity contribution is -0.136. The Bertz CT molecular complexity index is 1730. The lowest BCUT2D eigenvalue weighted by Crippen LogP contribution is -2.39. The van der Waals surface area contributed by atoms with Gasteiger partial charge in [0.05, 0.1) is 46.1 Å². The molecule has 0 amide bonds. The molecule has 0 aliphatic carbocycles. The van der Waals surface area contributed by atoms with Crippen molar-refractivity contribution in [1.82, 2.24) is 4.57 Å². The maximum Gasteiger partial charge on any atom is 0.338 e. The van der Waals surface area contributed by atoms with Gasteiger partial charge >= 0.3 is 5.97 Å². The second-order valence-electron chi connectivity index (χ2n) is 8.18. The molecule has 2 aromatic heterocycles. The van der Waals surface area contributed by atoms with Crippen LogP contribution in [-0.4, -0.2) is 24.8 Å². The minimum Gasteiger partial charge on any atom is -0.497 e. The normalized spacial score (nSPS) is 15.4. The highest BCUT2D eigenvalue weighted by Gasteiger charge is 2.33. The molecule has 1 atom stereocenters. The van der Waals surface area contributed by atoms with E-state index in [4.69, 9.17) is 37.1 Å². The van der Waals surface area contributed by atoms with Crippen LogP contribution in [0.5, 0.6) is 5.75 Å². The maximum atomic E-state index is 13.7. The lowest BCUT2D eigenvalue weighted by atomic mass is 9.96. The van der Waals surface area contributed by atoms with Crippen LogP contribution in [0.1, 0.15) is 24.3 Å². The topological polar surface area (TPSA) is 83.0 Å². The summed E-state index contributed by atoms with van der Waals surface area (Å²) in [5.41, 5.74) is 1.97. The molecule has 10 heteroatoms. The SMILES string of the molecule is COC(=O)C1=C(C)N=c2s/c(=C/c3ccc(-c4ccc(Cl)c(Cl)c4)o3)c(=O)n2[C@@H]1c1ccc(OC)cc1. The quantitative estimate of drug-likeness (QED) is 0.325. The summed E-state index contributed by atoms with van der Waals surface area (Å²) in [6, 6.07) is 15.3. The van der Waals surface area contributed by atoms with Gasteiger partial charge in [-0.15, -0.1) is 0 Å².